The minimum atomic E-state index is 0.742. The Morgan fingerprint density at radius 2 is 2.00 bits per heavy atom. The molecule has 0 fully saturated rings. The molecule has 0 saturated carbocycles. The predicted molar refractivity (Wildman–Crippen MR) is 76.5 cm³/mol. The van der Waals surface area contributed by atoms with Gasteiger partial charge in [0.05, 0.1) is 7.11 Å². The summed E-state index contributed by atoms with van der Waals surface area (Å²) in [6, 6.07) is 13.9. The lowest BCUT2D eigenvalue weighted by molar-refractivity contribution is 0.411. The van der Waals surface area contributed by atoms with Gasteiger partial charge in [-0.25, -0.2) is 0 Å². The van der Waals surface area contributed by atoms with Crippen LogP contribution in [0.5, 0.6) is 5.75 Å². The van der Waals surface area contributed by atoms with E-state index in [1.165, 1.54) is 5.56 Å². The molecule has 0 aliphatic carbocycles. The lowest BCUT2D eigenvalue weighted by Gasteiger charge is -2.09. The highest BCUT2D eigenvalue weighted by Crippen LogP contribution is 2.20. The topological polar surface area (TPSA) is 21.3 Å². The maximum Gasteiger partial charge on any atom is 0.121 e. The van der Waals surface area contributed by atoms with E-state index < -0.39 is 0 Å². The van der Waals surface area contributed by atoms with Crippen LogP contribution in [0, 0.1) is 6.92 Å². The summed E-state index contributed by atoms with van der Waals surface area (Å²) in [5.74, 6) is 0.918. The van der Waals surface area contributed by atoms with Crippen molar-refractivity contribution in [3.63, 3.8) is 0 Å². The second kappa shape index (κ2) is 5.78. The smallest absolute Gasteiger partial charge is 0.121 e. The van der Waals surface area contributed by atoms with Gasteiger partial charge >= 0.3 is 0 Å². The second-order valence-corrected chi connectivity index (χ2v) is 4.60. The van der Waals surface area contributed by atoms with Crippen molar-refractivity contribution in [1.82, 2.24) is 0 Å². The van der Waals surface area contributed by atoms with Crippen LogP contribution in [-0.4, -0.2) is 7.11 Å². The number of rotatable bonds is 4. The predicted octanol–water partition coefficient (Wildman–Crippen LogP) is 4.27. The van der Waals surface area contributed by atoms with Crippen LogP contribution in [0.4, 0.5) is 5.69 Å². The zero-order valence-corrected chi connectivity index (χ0v) is 11.3. The molecule has 0 aromatic heterocycles. The Labute approximate surface area is 113 Å². The van der Waals surface area contributed by atoms with Crippen LogP contribution >= 0.6 is 11.6 Å². The first kappa shape index (κ1) is 12.8. The molecule has 2 nitrogen and oxygen atoms in total. The summed E-state index contributed by atoms with van der Waals surface area (Å²) in [5, 5.41) is 4.08. The van der Waals surface area contributed by atoms with Gasteiger partial charge in [0.1, 0.15) is 5.75 Å². The van der Waals surface area contributed by atoms with E-state index >= 15 is 0 Å². The molecule has 0 heterocycles. The number of hydrogen-bond acceptors (Lipinski definition) is 2. The summed E-state index contributed by atoms with van der Waals surface area (Å²) < 4.78 is 5.24. The van der Waals surface area contributed by atoms with Crippen molar-refractivity contribution in [3.05, 3.63) is 58.6 Å². The molecule has 1 N–H and O–H groups in total. The molecule has 0 aliphatic rings. The lowest BCUT2D eigenvalue weighted by Crippen LogP contribution is -2.00. The maximum absolute atomic E-state index is 5.93. The van der Waals surface area contributed by atoms with Crippen molar-refractivity contribution in [2.75, 3.05) is 12.4 Å². The van der Waals surface area contributed by atoms with Gasteiger partial charge in [0.2, 0.25) is 0 Å². The van der Waals surface area contributed by atoms with Crippen LogP contribution in [-0.2, 0) is 6.54 Å². The zero-order chi connectivity index (χ0) is 13.0. The van der Waals surface area contributed by atoms with Crippen molar-refractivity contribution in [1.29, 1.82) is 0 Å². The highest BCUT2D eigenvalue weighted by atomic mass is 35.5. The number of ether oxygens (including phenoxy) is 1. The Morgan fingerprint density at radius 3 is 2.67 bits per heavy atom. The van der Waals surface area contributed by atoms with Crippen molar-refractivity contribution in [3.8, 4) is 5.75 Å². The quantitative estimate of drug-likeness (QED) is 0.888. The van der Waals surface area contributed by atoms with Crippen molar-refractivity contribution >= 4 is 17.3 Å². The van der Waals surface area contributed by atoms with Crippen LogP contribution in [0.2, 0.25) is 5.02 Å². The van der Waals surface area contributed by atoms with E-state index in [0.29, 0.717) is 0 Å². The first-order valence-electron chi connectivity index (χ1n) is 5.82. The highest BCUT2D eigenvalue weighted by molar-refractivity contribution is 6.30. The van der Waals surface area contributed by atoms with Gasteiger partial charge in [0.15, 0.2) is 0 Å². The summed E-state index contributed by atoms with van der Waals surface area (Å²) >= 11 is 5.93. The Morgan fingerprint density at radius 1 is 1.17 bits per heavy atom. The molecule has 94 valence electrons. The molecule has 0 spiro atoms. The number of anilines is 1. The van der Waals surface area contributed by atoms with Crippen molar-refractivity contribution < 1.29 is 4.74 Å². The molecule has 0 unspecified atom stereocenters. The van der Waals surface area contributed by atoms with Crippen molar-refractivity contribution in [2.45, 2.75) is 13.5 Å². The molecule has 0 saturated heterocycles. The molecule has 2 aromatic carbocycles. The van der Waals surface area contributed by atoms with Crippen LogP contribution < -0.4 is 10.1 Å². The van der Waals surface area contributed by atoms with Crippen molar-refractivity contribution in [2.24, 2.45) is 0 Å². The minimum absolute atomic E-state index is 0.742. The zero-order valence-electron chi connectivity index (χ0n) is 10.5. The highest BCUT2D eigenvalue weighted by Gasteiger charge is 2.00. The van der Waals surface area contributed by atoms with Crippen LogP contribution in [0.1, 0.15) is 11.1 Å². The van der Waals surface area contributed by atoms with Crippen LogP contribution in [0.15, 0.2) is 42.5 Å². The monoisotopic (exact) mass is 261 g/mol. The normalized spacial score (nSPS) is 10.2. The molecule has 0 radical (unpaired) electrons. The number of halogens is 1. The first-order valence-corrected chi connectivity index (χ1v) is 6.20. The third-order valence-electron chi connectivity index (χ3n) is 2.78. The Kier molecular flexibility index (Phi) is 4.11. The lowest BCUT2D eigenvalue weighted by atomic mass is 10.1. The van der Waals surface area contributed by atoms with Gasteiger partial charge in [0.25, 0.3) is 0 Å². The molecule has 3 heteroatoms. The SMILES string of the molecule is COc1ccc(CNc2cccc(Cl)c2)cc1C. The third kappa shape index (κ3) is 3.17. The van der Waals surface area contributed by atoms with E-state index in [1.54, 1.807) is 7.11 Å². The Hall–Kier alpha value is -1.67. The van der Waals surface area contributed by atoms with E-state index in [1.807, 2.05) is 37.3 Å². The first-order chi connectivity index (χ1) is 8.69. The maximum atomic E-state index is 5.93. The molecule has 0 bridgehead atoms. The average molecular weight is 262 g/mol. The van der Waals surface area contributed by atoms with Crippen LogP contribution in [0.3, 0.4) is 0 Å². The summed E-state index contributed by atoms with van der Waals surface area (Å²) in [6.07, 6.45) is 0. The van der Waals surface area contributed by atoms with E-state index in [9.17, 15) is 0 Å². The molecular weight excluding hydrogens is 246 g/mol. The fraction of sp³-hybridized carbons (Fsp3) is 0.200. The minimum Gasteiger partial charge on any atom is -0.496 e. The summed E-state index contributed by atoms with van der Waals surface area (Å²) in [6.45, 7) is 2.81. The van der Waals surface area contributed by atoms with Gasteiger partial charge in [-0.3, -0.25) is 0 Å². The van der Waals surface area contributed by atoms with Crippen LogP contribution in [0.25, 0.3) is 0 Å². The summed E-state index contributed by atoms with van der Waals surface area (Å²) in [7, 11) is 1.69. The van der Waals surface area contributed by atoms with E-state index in [4.69, 9.17) is 16.3 Å². The van der Waals surface area contributed by atoms with Gasteiger partial charge in [-0.1, -0.05) is 29.8 Å². The van der Waals surface area contributed by atoms with Gasteiger partial charge in [-0.2, -0.15) is 0 Å². The fourth-order valence-corrected chi connectivity index (χ4v) is 2.04. The third-order valence-corrected chi connectivity index (χ3v) is 3.02. The number of benzene rings is 2. The molecular formula is C15H16ClNO. The summed E-state index contributed by atoms with van der Waals surface area (Å²) in [5.41, 5.74) is 3.38. The fourth-order valence-electron chi connectivity index (χ4n) is 1.85. The molecule has 0 amide bonds. The average Bonchev–Trinajstić information content (AvgIpc) is 2.37. The Balaban J connectivity index is 2.04. The van der Waals surface area contributed by atoms with Gasteiger partial charge in [-0.05, 0) is 42.3 Å². The second-order valence-electron chi connectivity index (χ2n) is 4.17. The van der Waals surface area contributed by atoms with Gasteiger partial charge in [0, 0.05) is 17.3 Å². The van der Waals surface area contributed by atoms with E-state index in [0.717, 1.165) is 28.6 Å². The number of nitrogens with one attached hydrogen (secondary N) is 1. The molecule has 18 heavy (non-hydrogen) atoms. The Bertz CT molecular complexity index is 540. The van der Waals surface area contributed by atoms with Gasteiger partial charge < -0.3 is 10.1 Å². The number of aryl methyl sites for hydroxylation is 1. The molecule has 0 atom stereocenters. The molecule has 2 rings (SSSR count). The standard InChI is InChI=1S/C15H16ClNO/c1-11-8-12(6-7-15(11)18-2)10-17-14-5-3-4-13(16)9-14/h3-9,17H,10H2,1-2H3. The number of methoxy groups -OCH3 is 1. The molecule has 0 aliphatic heterocycles. The largest absolute Gasteiger partial charge is 0.496 e. The summed E-state index contributed by atoms with van der Waals surface area (Å²) in [4.78, 5) is 0. The molecule has 2 aromatic rings. The van der Waals surface area contributed by atoms with Gasteiger partial charge in [-0.15, -0.1) is 0 Å². The number of hydrogen-bond donors (Lipinski definition) is 1. The van der Waals surface area contributed by atoms with E-state index in [-0.39, 0.29) is 0 Å². The van der Waals surface area contributed by atoms with E-state index in [2.05, 4.69) is 17.4 Å².